The molecule has 0 radical (unpaired) electrons. The van der Waals surface area contributed by atoms with E-state index in [1.54, 1.807) is 7.05 Å². The monoisotopic (exact) mass is 320 g/mol. The number of rotatable bonds is 5. The van der Waals surface area contributed by atoms with E-state index in [1.807, 2.05) is 13.8 Å². The number of sulfonamides is 1. The molecule has 8 heteroatoms. The second-order valence-electron chi connectivity index (χ2n) is 4.52. The van der Waals surface area contributed by atoms with Crippen molar-refractivity contribution in [1.29, 1.82) is 0 Å². The Morgan fingerprint density at radius 3 is 2.55 bits per heavy atom. The molecule has 0 saturated heterocycles. The number of carbonyl (C=O) groups excluding carboxylic acids is 1. The molecule has 0 saturated carbocycles. The summed E-state index contributed by atoms with van der Waals surface area (Å²) < 4.78 is 28.1. The highest BCUT2D eigenvalue weighted by Gasteiger charge is 2.18. The van der Waals surface area contributed by atoms with Crippen LogP contribution in [0.1, 0.15) is 13.8 Å². The predicted molar refractivity (Wildman–Crippen MR) is 76.2 cm³/mol. The van der Waals surface area contributed by atoms with Gasteiger partial charge in [-0.25, -0.2) is 13.6 Å². The quantitative estimate of drug-likeness (QED) is 0.883. The first-order valence-corrected chi connectivity index (χ1v) is 7.76. The number of nitrogens with zero attached hydrogens (tertiary/aromatic N) is 1. The van der Waals surface area contributed by atoms with Crippen LogP contribution in [0.15, 0.2) is 23.1 Å². The average Bonchev–Trinajstić information content (AvgIpc) is 2.34. The number of carbonyl (C=O) groups is 1. The molecule has 112 valence electrons. The molecule has 2 N–H and O–H groups in total. The van der Waals surface area contributed by atoms with E-state index >= 15 is 0 Å². The SMILES string of the molecule is CC(C)N(C)C(=O)COc1ccc(Cl)cc1S(N)(=O)=O. The molecule has 0 unspecified atom stereocenters. The zero-order valence-electron chi connectivity index (χ0n) is 11.5. The number of likely N-dealkylation sites (N-methyl/N-ethyl adjacent to an activating group) is 1. The Morgan fingerprint density at radius 1 is 1.45 bits per heavy atom. The number of primary sulfonamides is 1. The van der Waals surface area contributed by atoms with Gasteiger partial charge in [0.25, 0.3) is 5.91 Å². The van der Waals surface area contributed by atoms with Gasteiger partial charge in [0.05, 0.1) is 0 Å². The Kier molecular flexibility index (Phi) is 5.38. The first-order valence-electron chi connectivity index (χ1n) is 5.83. The zero-order chi connectivity index (χ0) is 15.5. The lowest BCUT2D eigenvalue weighted by Crippen LogP contribution is -2.36. The van der Waals surface area contributed by atoms with E-state index in [9.17, 15) is 13.2 Å². The highest BCUT2D eigenvalue weighted by Crippen LogP contribution is 2.26. The molecule has 0 heterocycles. The van der Waals surface area contributed by atoms with Crippen LogP contribution in [0.2, 0.25) is 5.02 Å². The summed E-state index contributed by atoms with van der Waals surface area (Å²) in [5.74, 6) is -0.266. The van der Waals surface area contributed by atoms with E-state index < -0.39 is 10.0 Å². The van der Waals surface area contributed by atoms with Gasteiger partial charge >= 0.3 is 0 Å². The van der Waals surface area contributed by atoms with E-state index in [0.29, 0.717) is 0 Å². The van der Waals surface area contributed by atoms with Gasteiger partial charge in [-0.15, -0.1) is 0 Å². The van der Waals surface area contributed by atoms with Gasteiger partial charge in [-0.05, 0) is 32.0 Å². The van der Waals surface area contributed by atoms with E-state index in [0.717, 1.165) is 0 Å². The molecule has 1 rings (SSSR count). The highest BCUT2D eigenvalue weighted by molar-refractivity contribution is 7.89. The van der Waals surface area contributed by atoms with Crippen LogP contribution in [-0.4, -0.2) is 38.9 Å². The van der Waals surface area contributed by atoms with Gasteiger partial charge in [0, 0.05) is 18.1 Å². The van der Waals surface area contributed by atoms with E-state index in [2.05, 4.69) is 0 Å². The summed E-state index contributed by atoms with van der Waals surface area (Å²) in [5.41, 5.74) is 0. The van der Waals surface area contributed by atoms with Crippen LogP contribution in [0, 0.1) is 0 Å². The molecule has 0 aromatic heterocycles. The van der Waals surface area contributed by atoms with Crippen molar-refractivity contribution in [2.24, 2.45) is 5.14 Å². The van der Waals surface area contributed by atoms with Crippen LogP contribution in [0.25, 0.3) is 0 Å². The van der Waals surface area contributed by atoms with Crippen LogP contribution in [0.4, 0.5) is 0 Å². The minimum atomic E-state index is -3.97. The molecule has 0 spiro atoms. The van der Waals surface area contributed by atoms with E-state index in [-0.39, 0.29) is 34.2 Å². The summed E-state index contributed by atoms with van der Waals surface area (Å²) in [5, 5.41) is 5.29. The van der Waals surface area contributed by atoms with Crippen LogP contribution in [-0.2, 0) is 14.8 Å². The Balaban J connectivity index is 2.92. The van der Waals surface area contributed by atoms with Gasteiger partial charge in [0.15, 0.2) is 6.61 Å². The minimum absolute atomic E-state index is 0.00223. The molecule has 0 aliphatic rings. The largest absolute Gasteiger partial charge is 0.482 e. The fourth-order valence-corrected chi connectivity index (χ4v) is 2.29. The minimum Gasteiger partial charge on any atom is -0.482 e. The molecular formula is C12H17ClN2O4S. The number of benzene rings is 1. The fourth-order valence-electron chi connectivity index (χ4n) is 1.35. The van der Waals surface area contributed by atoms with Crippen molar-refractivity contribution >= 4 is 27.5 Å². The Labute approximate surface area is 123 Å². The van der Waals surface area contributed by atoms with Crippen molar-refractivity contribution in [2.45, 2.75) is 24.8 Å². The molecule has 0 aliphatic heterocycles. The van der Waals surface area contributed by atoms with Crippen molar-refractivity contribution in [3.8, 4) is 5.75 Å². The molecule has 1 aromatic rings. The van der Waals surface area contributed by atoms with E-state index in [4.69, 9.17) is 21.5 Å². The van der Waals surface area contributed by atoms with Gasteiger partial charge < -0.3 is 9.64 Å². The van der Waals surface area contributed by atoms with Crippen LogP contribution in [0.3, 0.4) is 0 Å². The third-order valence-electron chi connectivity index (χ3n) is 2.73. The summed E-state index contributed by atoms with van der Waals surface area (Å²) in [4.78, 5) is 13.0. The van der Waals surface area contributed by atoms with Crippen molar-refractivity contribution in [1.82, 2.24) is 4.90 Å². The van der Waals surface area contributed by atoms with Gasteiger partial charge in [-0.1, -0.05) is 11.6 Å². The van der Waals surface area contributed by atoms with Crippen LogP contribution in [0.5, 0.6) is 5.75 Å². The number of hydrogen-bond donors (Lipinski definition) is 1. The van der Waals surface area contributed by atoms with Crippen LogP contribution < -0.4 is 9.88 Å². The molecule has 0 aliphatic carbocycles. The molecule has 0 atom stereocenters. The summed E-state index contributed by atoms with van der Waals surface area (Å²) in [7, 11) is -2.34. The maximum Gasteiger partial charge on any atom is 0.260 e. The van der Waals surface area contributed by atoms with Crippen molar-refractivity contribution in [2.75, 3.05) is 13.7 Å². The predicted octanol–water partition coefficient (Wildman–Crippen LogP) is 1.23. The molecule has 1 amide bonds. The summed E-state index contributed by atoms with van der Waals surface area (Å²) in [6.45, 7) is 3.44. The Bertz CT molecular complexity index is 601. The summed E-state index contributed by atoms with van der Waals surface area (Å²) >= 11 is 5.73. The molecule has 0 bridgehead atoms. The van der Waals surface area contributed by atoms with Crippen molar-refractivity contribution in [3.05, 3.63) is 23.2 Å². The van der Waals surface area contributed by atoms with Gasteiger partial charge in [0.1, 0.15) is 10.6 Å². The maximum absolute atomic E-state index is 11.8. The third-order valence-corrected chi connectivity index (χ3v) is 3.90. The Morgan fingerprint density at radius 2 is 2.05 bits per heavy atom. The second-order valence-corrected chi connectivity index (χ2v) is 6.49. The highest BCUT2D eigenvalue weighted by atomic mass is 35.5. The average molecular weight is 321 g/mol. The van der Waals surface area contributed by atoms with Gasteiger partial charge in [-0.3, -0.25) is 4.79 Å². The standard InChI is InChI=1S/C12H17ClN2O4S/c1-8(2)15(3)12(16)7-19-10-5-4-9(13)6-11(10)20(14,17)18/h4-6,8H,7H2,1-3H3,(H2,14,17,18). The lowest BCUT2D eigenvalue weighted by molar-refractivity contribution is -0.133. The Hall–Kier alpha value is -1.31. The molecule has 0 fully saturated rings. The van der Waals surface area contributed by atoms with Crippen LogP contribution >= 0.6 is 11.6 Å². The molecule has 6 nitrogen and oxygen atoms in total. The number of ether oxygens (including phenoxy) is 1. The first-order chi connectivity index (χ1) is 9.12. The lowest BCUT2D eigenvalue weighted by Gasteiger charge is -2.21. The summed E-state index contributed by atoms with van der Waals surface area (Å²) in [6.07, 6.45) is 0. The lowest BCUT2D eigenvalue weighted by atomic mass is 10.3. The van der Waals surface area contributed by atoms with Gasteiger partial charge in [0.2, 0.25) is 10.0 Å². The molecular weight excluding hydrogens is 304 g/mol. The smallest absolute Gasteiger partial charge is 0.260 e. The topological polar surface area (TPSA) is 89.7 Å². The number of amides is 1. The second kappa shape index (κ2) is 6.43. The van der Waals surface area contributed by atoms with Gasteiger partial charge in [-0.2, -0.15) is 0 Å². The zero-order valence-corrected chi connectivity index (χ0v) is 13.0. The number of nitrogens with two attached hydrogens (primary N) is 1. The normalized spacial score (nSPS) is 11.5. The third kappa shape index (κ3) is 4.36. The first kappa shape index (κ1) is 16.7. The fraction of sp³-hybridized carbons (Fsp3) is 0.417. The molecule has 20 heavy (non-hydrogen) atoms. The van der Waals surface area contributed by atoms with Crippen molar-refractivity contribution in [3.63, 3.8) is 0 Å². The summed E-state index contributed by atoms with van der Waals surface area (Å²) in [6, 6.07) is 4.03. The molecule has 1 aromatic carbocycles. The van der Waals surface area contributed by atoms with Crippen molar-refractivity contribution < 1.29 is 17.9 Å². The van der Waals surface area contributed by atoms with E-state index in [1.165, 1.54) is 23.1 Å². The number of hydrogen-bond acceptors (Lipinski definition) is 4. The maximum atomic E-state index is 11.8. The number of halogens is 1.